The lowest BCUT2D eigenvalue weighted by molar-refractivity contribution is 0.263. The minimum atomic E-state index is -0.572. The molecule has 0 bridgehead atoms. The number of furan rings is 1. The lowest BCUT2D eigenvalue weighted by Crippen LogP contribution is -2.48. The Morgan fingerprint density at radius 2 is 1.94 bits per heavy atom. The molecular weight excluding hydrogens is 466 g/mol. The number of fused-ring (bicyclic) bond motifs is 1. The van der Waals surface area contributed by atoms with Gasteiger partial charge < -0.3 is 20.0 Å². The first-order chi connectivity index (χ1) is 16.4. The van der Waals surface area contributed by atoms with Crippen LogP contribution in [0.2, 0.25) is 5.02 Å². The van der Waals surface area contributed by atoms with Gasteiger partial charge in [-0.25, -0.2) is 13.8 Å². The summed E-state index contributed by atoms with van der Waals surface area (Å²) < 4.78 is 34.0. The van der Waals surface area contributed by atoms with Gasteiger partial charge in [-0.05, 0) is 24.3 Å². The third-order valence-corrected chi connectivity index (χ3v) is 6.25. The van der Waals surface area contributed by atoms with E-state index in [4.69, 9.17) is 21.8 Å². The zero-order valence-corrected chi connectivity index (χ0v) is 19.2. The Morgan fingerprint density at radius 3 is 2.65 bits per heavy atom. The number of likely N-dealkylation sites (N-methyl/N-ethyl adjacent to an activating group) is 1. The molecule has 0 saturated carbocycles. The van der Waals surface area contributed by atoms with Gasteiger partial charge in [0.1, 0.15) is 16.7 Å². The first-order valence-electron chi connectivity index (χ1n) is 10.8. The number of anilines is 3. The highest BCUT2D eigenvalue weighted by atomic mass is 35.5. The van der Waals surface area contributed by atoms with Crippen LogP contribution in [-0.4, -0.2) is 70.8 Å². The van der Waals surface area contributed by atoms with E-state index in [1.165, 1.54) is 16.6 Å². The SMILES string of the molecule is CN(CCN1CCN(c2ccc(F)cc2F)CC1)c1nc(N)n2nc(-c3ccco3)nc2c1Cl. The molecule has 178 valence electrons. The first-order valence-corrected chi connectivity index (χ1v) is 11.2. The molecule has 9 nitrogen and oxygen atoms in total. The van der Waals surface area contributed by atoms with Gasteiger partial charge in [0, 0.05) is 52.4 Å². The zero-order valence-electron chi connectivity index (χ0n) is 18.5. The lowest BCUT2D eigenvalue weighted by atomic mass is 10.2. The van der Waals surface area contributed by atoms with Crippen LogP contribution >= 0.6 is 11.6 Å². The maximum Gasteiger partial charge on any atom is 0.225 e. The van der Waals surface area contributed by atoms with Crippen molar-refractivity contribution in [2.45, 2.75) is 0 Å². The highest BCUT2D eigenvalue weighted by Gasteiger charge is 2.22. The summed E-state index contributed by atoms with van der Waals surface area (Å²) in [6.45, 7) is 4.21. The molecule has 3 aromatic heterocycles. The van der Waals surface area contributed by atoms with Crippen LogP contribution in [0.25, 0.3) is 17.2 Å². The molecule has 12 heteroatoms. The van der Waals surface area contributed by atoms with Gasteiger partial charge in [0.15, 0.2) is 17.2 Å². The van der Waals surface area contributed by atoms with E-state index in [1.807, 2.05) is 16.8 Å². The first kappa shape index (κ1) is 22.4. The van der Waals surface area contributed by atoms with Gasteiger partial charge in [0.25, 0.3) is 0 Å². The molecule has 1 aromatic carbocycles. The van der Waals surface area contributed by atoms with Crippen LogP contribution in [0.3, 0.4) is 0 Å². The van der Waals surface area contributed by atoms with Crippen molar-refractivity contribution < 1.29 is 13.2 Å². The molecule has 1 aliphatic heterocycles. The lowest BCUT2D eigenvalue weighted by Gasteiger charge is -2.37. The molecular formula is C22H23ClF2N8O. The predicted octanol–water partition coefficient (Wildman–Crippen LogP) is 3.16. The van der Waals surface area contributed by atoms with Crippen LogP contribution in [0.15, 0.2) is 41.0 Å². The molecule has 34 heavy (non-hydrogen) atoms. The maximum absolute atomic E-state index is 14.1. The molecule has 4 heterocycles. The van der Waals surface area contributed by atoms with Gasteiger partial charge in [-0.15, -0.1) is 5.10 Å². The highest BCUT2D eigenvalue weighted by molar-refractivity contribution is 6.36. The topological polar surface area (TPSA) is 92.0 Å². The predicted molar refractivity (Wildman–Crippen MR) is 126 cm³/mol. The van der Waals surface area contributed by atoms with Crippen LogP contribution in [0.5, 0.6) is 0 Å². The Balaban J connectivity index is 1.24. The summed E-state index contributed by atoms with van der Waals surface area (Å²) >= 11 is 6.62. The fourth-order valence-corrected chi connectivity index (χ4v) is 4.34. The van der Waals surface area contributed by atoms with Crippen molar-refractivity contribution in [1.82, 2.24) is 24.5 Å². The van der Waals surface area contributed by atoms with Crippen LogP contribution in [0.1, 0.15) is 0 Å². The van der Waals surface area contributed by atoms with Gasteiger partial charge in [0.05, 0.1) is 12.0 Å². The van der Waals surface area contributed by atoms with E-state index in [2.05, 4.69) is 20.0 Å². The van der Waals surface area contributed by atoms with Crippen molar-refractivity contribution in [2.24, 2.45) is 0 Å². The molecule has 4 aromatic rings. The van der Waals surface area contributed by atoms with E-state index in [0.717, 1.165) is 25.7 Å². The number of nitrogen functional groups attached to an aromatic ring is 1. The van der Waals surface area contributed by atoms with Crippen LogP contribution in [0, 0.1) is 11.6 Å². The summed E-state index contributed by atoms with van der Waals surface area (Å²) in [5.41, 5.74) is 6.96. The molecule has 0 amide bonds. The van der Waals surface area contributed by atoms with Gasteiger partial charge in [-0.2, -0.15) is 9.50 Å². The van der Waals surface area contributed by atoms with E-state index in [0.29, 0.717) is 53.4 Å². The quantitative estimate of drug-likeness (QED) is 0.442. The highest BCUT2D eigenvalue weighted by Crippen LogP contribution is 2.30. The Labute approximate surface area is 199 Å². The van der Waals surface area contributed by atoms with Gasteiger partial charge >= 0.3 is 0 Å². The summed E-state index contributed by atoms with van der Waals surface area (Å²) in [6, 6.07) is 7.20. The second kappa shape index (κ2) is 9.07. The van der Waals surface area contributed by atoms with E-state index in [-0.39, 0.29) is 5.95 Å². The van der Waals surface area contributed by atoms with Gasteiger partial charge in [0.2, 0.25) is 11.8 Å². The molecule has 1 saturated heterocycles. The molecule has 5 rings (SSSR count). The molecule has 0 spiro atoms. The van der Waals surface area contributed by atoms with Crippen molar-refractivity contribution in [3.63, 3.8) is 0 Å². The second-order valence-electron chi connectivity index (χ2n) is 8.10. The van der Waals surface area contributed by atoms with E-state index < -0.39 is 11.6 Å². The van der Waals surface area contributed by atoms with Crippen molar-refractivity contribution in [3.05, 3.63) is 53.3 Å². The second-order valence-corrected chi connectivity index (χ2v) is 8.48. The fraction of sp³-hybridized carbons (Fsp3) is 0.318. The summed E-state index contributed by atoms with van der Waals surface area (Å²) in [4.78, 5) is 15.0. The average molecular weight is 489 g/mol. The molecule has 0 radical (unpaired) electrons. The van der Waals surface area contributed by atoms with E-state index in [9.17, 15) is 8.78 Å². The molecule has 0 atom stereocenters. The Morgan fingerprint density at radius 1 is 1.15 bits per heavy atom. The summed E-state index contributed by atoms with van der Waals surface area (Å²) in [6.07, 6.45) is 1.54. The van der Waals surface area contributed by atoms with Crippen molar-refractivity contribution >= 4 is 34.7 Å². The van der Waals surface area contributed by atoms with E-state index in [1.54, 1.807) is 18.4 Å². The third-order valence-electron chi connectivity index (χ3n) is 5.91. The number of aromatic nitrogens is 4. The van der Waals surface area contributed by atoms with Crippen molar-refractivity contribution in [3.8, 4) is 11.6 Å². The number of nitrogens with two attached hydrogens (primary N) is 1. The van der Waals surface area contributed by atoms with Gasteiger partial charge in [-0.3, -0.25) is 4.90 Å². The summed E-state index contributed by atoms with van der Waals surface area (Å²) in [5, 5.41) is 4.69. The van der Waals surface area contributed by atoms with Crippen LogP contribution < -0.4 is 15.5 Å². The smallest absolute Gasteiger partial charge is 0.225 e. The summed E-state index contributed by atoms with van der Waals surface area (Å²) in [5.74, 6) is 0.450. The molecule has 0 unspecified atom stereocenters. The minimum Gasteiger partial charge on any atom is -0.461 e. The number of nitrogens with zero attached hydrogens (tertiary/aromatic N) is 7. The maximum atomic E-state index is 14.1. The minimum absolute atomic E-state index is 0.168. The van der Waals surface area contributed by atoms with Gasteiger partial charge in [-0.1, -0.05) is 11.6 Å². The number of hydrogen-bond acceptors (Lipinski definition) is 8. The van der Waals surface area contributed by atoms with Crippen molar-refractivity contribution in [2.75, 3.05) is 61.8 Å². The van der Waals surface area contributed by atoms with Crippen LogP contribution in [-0.2, 0) is 0 Å². The Bertz CT molecular complexity index is 1300. The Kier molecular flexibility index (Phi) is 5.96. The van der Waals surface area contributed by atoms with Crippen molar-refractivity contribution in [1.29, 1.82) is 0 Å². The fourth-order valence-electron chi connectivity index (χ4n) is 4.03. The Hall–Kier alpha value is -3.44. The standard InChI is InChI=1S/C22H23ClF2N8O/c1-30(6-7-31-8-10-32(11-9-31)16-5-4-14(24)13-15(16)25)20-18(23)21-27-19(17-3-2-12-34-17)29-33(21)22(26)28-20/h2-5,12-13H,6-11H2,1H3,(H2,26,28). The zero-order chi connectivity index (χ0) is 23.8. The molecule has 2 N–H and O–H groups in total. The largest absolute Gasteiger partial charge is 0.461 e. The third kappa shape index (κ3) is 4.24. The van der Waals surface area contributed by atoms with Crippen LogP contribution in [0.4, 0.5) is 26.2 Å². The monoisotopic (exact) mass is 488 g/mol. The average Bonchev–Trinajstić information content (AvgIpc) is 3.51. The number of rotatable bonds is 6. The molecule has 1 fully saturated rings. The summed E-state index contributed by atoms with van der Waals surface area (Å²) in [7, 11) is 1.89. The number of halogens is 3. The number of benzene rings is 1. The number of hydrogen-bond donors (Lipinski definition) is 1. The normalized spacial score (nSPS) is 14.8. The van der Waals surface area contributed by atoms with E-state index >= 15 is 0 Å². The number of piperazine rings is 1. The molecule has 1 aliphatic rings. The molecule has 0 aliphatic carbocycles.